The van der Waals surface area contributed by atoms with E-state index in [0.717, 1.165) is 16.7 Å². The zero-order chi connectivity index (χ0) is 21.1. The number of aromatic nitrogens is 3. The van der Waals surface area contributed by atoms with Crippen LogP contribution in [0.2, 0.25) is 5.02 Å². The minimum absolute atomic E-state index is 0.0876. The SMILES string of the molecule is CCOC(=O)c1nc(NCc2ccccc2C)c2c(-c3ccc(Cl)cc3)noc2n1. The van der Waals surface area contributed by atoms with E-state index in [1.807, 2.05) is 43.3 Å². The van der Waals surface area contributed by atoms with Crippen molar-refractivity contribution in [2.24, 2.45) is 0 Å². The van der Waals surface area contributed by atoms with Crippen molar-refractivity contribution in [3.63, 3.8) is 0 Å². The standard InChI is InChI=1S/C22H19ClN4O3/c1-3-29-22(28)20-25-19(24-12-15-7-5-4-6-13(15)2)17-18(27-30-21(17)26-20)14-8-10-16(23)11-9-14/h4-11H,3,12H2,1-2H3,(H,24,25,26). The molecule has 0 radical (unpaired) electrons. The highest BCUT2D eigenvalue weighted by Crippen LogP contribution is 2.32. The Bertz CT molecular complexity index is 1200. The average molecular weight is 423 g/mol. The fraction of sp³-hybridized carbons (Fsp3) is 0.182. The van der Waals surface area contributed by atoms with Gasteiger partial charge in [-0.3, -0.25) is 0 Å². The number of nitrogens with zero attached hydrogens (tertiary/aromatic N) is 3. The fourth-order valence-electron chi connectivity index (χ4n) is 3.06. The van der Waals surface area contributed by atoms with Gasteiger partial charge in [-0.15, -0.1) is 0 Å². The topological polar surface area (TPSA) is 90.1 Å². The highest BCUT2D eigenvalue weighted by Gasteiger charge is 2.22. The molecule has 0 bridgehead atoms. The summed E-state index contributed by atoms with van der Waals surface area (Å²) in [5, 5.41) is 8.67. The third kappa shape index (κ3) is 3.97. The number of rotatable bonds is 6. The van der Waals surface area contributed by atoms with Gasteiger partial charge < -0.3 is 14.6 Å². The van der Waals surface area contributed by atoms with Crippen LogP contribution in [0, 0.1) is 6.92 Å². The molecule has 4 rings (SSSR count). The van der Waals surface area contributed by atoms with Crippen LogP contribution in [0.1, 0.15) is 28.7 Å². The van der Waals surface area contributed by atoms with E-state index in [0.29, 0.717) is 28.5 Å². The van der Waals surface area contributed by atoms with Crippen molar-refractivity contribution in [3.05, 3.63) is 70.5 Å². The monoisotopic (exact) mass is 422 g/mol. The Kier molecular flexibility index (Phi) is 5.63. The quantitative estimate of drug-likeness (QED) is 0.435. The Balaban J connectivity index is 1.80. The Morgan fingerprint density at radius 1 is 1.13 bits per heavy atom. The lowest BCUT2D eigenvalue weighted by Gasteiger charge is -2.10. The molecule has 0 saturated carbocycles. The van der Waals surface area contributed by atoms with E-state index in [9.17, 15) is 4.79 Å². The summed E-state index contributed by atoms with van der Waals surface area (Å²) < 4.78 is 10.5. The number of hydrogen-bond acceptors (Lipinski definition) is 7. The Morgan fingerprint density at radius 2 is 1.90 bits per heavy atom. The second-order valence-corrected chi connectivity index (χ2v) is 7.05. The summed E-state index contributed by atoms with van der Waals surface area (Å²) in [6.45, 7) is 4.49. The van der Waals surface area contributed by atoms with Gasteiger partial charge in [-0.1, -0.05) is 53.2 Å². The van der Waals surface area contributed by atoms with E-state index < -0.39 is 5.97 Å². The van der Waals surface area contributed by atoms with E-state index in [2.05, 4.69) is 20.4 Å². The van der Waals surface area contributed by atoms with Crippen molar-refractivity contribution in [1.82, 2.24) is 15.1 Å². The average Bonchev–Trinajstić information content (AvgIpc) is 3.18. The molecule has 0 amide bonds. The summed E-state index contributed by atoms with van der Waals surface area (Å²) in [4.78, 5) is 20.9. The summed E-state index contributed by atoms with van der Waals surface area (Å²) in [6.07, 6.45) is 0. The highest BCUT2D eigenvalue weighted by atomic mass is 35.5. The van der Waals surface area contributed by atoms with Gasteiger partial charge in [0.25, 0.3) is 5.71 Å². The second kappa shape index (κ2) is 8.51. The van der Waals surface area contributed by atoms with Gasteiger partial charge in [0.2, 0.25) is 5.82 Å². The number of carbonyl (C=O) groups is 1. The number of nitrogens with one attached hydrogen (secondary N) is 1. The van der Waals surface area contributed by atoms with Crippen LogP contribution < -0.4 is 5.32 Å². The number of carbonyl (C=O) groups excluding carboxylic acids is 1. The zero-order valence-corrected chi connectivity index (χ0v) is 17.2. The molecule has 30 heavy (non-hydrogen) atoms. The smallest absolute Gasteiger partial charge is 0.376 e. The molecular formula is C22H19ClN4O3. The summed E-state index contributed by atoms with van der Waals surface area (Å²) >= 11 is 6.01. The van der Waals surface area contributed by atoms with Crippen LogP contribution in [0.15, 0.2) is 53.1 Å². The van der Waals surface area contributed by atoms with Crippen LogP contribution >= 0.6 is 11.6 Å². The molecule has 2 aromatic heterocycles. The van der Waals surface area contributed by atoms with Crippen molar-refractivity contribution in [1.29, 1.82) is 0 Å². The lowest BCUT2D eigenvalue weighted by atomic mass is 10.1. The molecule has 2 aromatic carbocycles. The molecule has 0 aliphatic heterocycles. The molecule has 0 atom stereocenters. The molecule has 0 fully saturated rings. The van der Waals surface area contributed by atoms with Crippen LogP contribution in [0.25, 0.3) is 22.4 Å². The van der Waals surface area contributed by atoms with Gasteiger partial charge in [-0.25, -0.2) is 9.78 Å². The normalized spacial score (nSPS) is 10.9. The molecule has 1 N–H and O–H groups in total. The predicted molar refractivity (Wildman–Crippen MR) is 115 cm³/mol. The molecule has 0 spiro atoms. The lowest BCUT2D eigenvalue weighted by molar-refractivity contribution is 0.0512. The third-order valence-electron chi connectivity index (χ3n) is 4.62. The molecule has 0 aliphatic carbocycles. The van der Waals surface area contributed by atoms with Gasteiger partial charge in [0.15, 0.2) is 0 Å². The molecule has 152 valence electrons. The van der Waals surface area contributed by atoms with Crippen molar-refractivity contribution in [2.75, 3.05) is 11.9 Å². The summed E-state index contributed by atoms with van der Waals surface area (Å²) in [6, 6.07) is 15.2. The second-order valence-electron chi connectivity index (χ2n) is 6.61. The van der Waals surface area contributed by atoms with E-state index in [1.165, 1.54) is 0 Å². The molecule has 4 aromatic rings. The van der Waals surface area contributed by atoms with Crippen molar-refractivity contribution in [2.45, 2.75) is 20.4 Å². The first-order valence-corrected chi connectivity index (χ1v) is 9.83. The number of aryl methyl sites for hydroxylation is 1. The number of benzene rings is 2. The minimum atomic E-state index is -0.622. The number of anilines is 1. The molecule has 8 heteroatoms. The van der Waals surface area contributed by atoms with Gasteiger partial charge >= 0.3 is 5.97 Å². The first kappa shape index (κ1) is 19.8. The number of hydrogen-bond donors (Lipinski definition) is 1. The van der Waals surface area contributed by atoms with Crippen molar-refractivity contribution >= 4 is 34.5 Å². The van der Waals surface area contributed by atoms with E-state index >= 15 is 0 Å². The van der Waals surface area contributed by atoms with Crippen LogP contribution in [-0.2, 0) is 11.3 Å². The first-order valence-electron chi connectivity index (χ1n) is 9.45. The van der Waals surface area contributed by atoms with E-state index in [-0.39, 0.29) is 18.1 Å². The lowest BCUT2D eigenvalue weighted by Crippen LogP contribution is -2.12. The molecule has 2 heterocycles. The molecule has 0 saturated heterocycles. The van der Waals surface area contributed by atoms with Crippen LogP contribution in [0.4, 0.5) is 5.82 Å². The predicted octanol–water partition coefficient (Wildman–Crippen LogP) is 5.04. The molecule has 7 nitrogen and oxygen atoms in total. The van der Waals surface area contributed by atoms with Crippen LogP contribution in [0.5, 0.6) is 0 Å². The van der Waals surface area contributed by atoms with Crippen molar-refractivity contribution < 1.29 is 14.1 Å². The Hall–Kier alpha value is -3.45. The van der Waals surface area contributed by atoms with Gasteiger partial charge in [-0.2, -0.15) is 4.98 Å². The minimum Gasteiger partial charge on any atom is -0.460 e. The Morgan fingerprint density at radius 3 is 2.63 bits per heavy atom. The number of halogens is 1. The number of esters is 1. The fourth-order valence-corrected chi connectivity index (χ4v) is 3.19. The van der Waals surface area contributed by atoms with Gasteiger partial charge in [0, 0.05) is 17.1 Å². The Labute approximate surface area is 178 Å². The molecular weight excluding hydrogens is 404 g/mol. The molecule has 0 unspecified atom stereocenters. The van der Waals surface area contributed by atoms with Gasteiger partial charge in [-0.05, 0) is 37.1 Å². The third-order valence-corrected chi connectivity index (χ3v) is 4.87. The number of fused-ring (bicyclic) bond motifs is 1. The largest absolute Gasteiger partial charge is 0.460 e. The maximum absolute atomic E-state index is 12.2. The summed E-state index contributed by atoms with van der Waals surface area (Å²) in [7, 11) is 0. The van der Waals surface area contributed by atoms with Gasteiger partial charge in [0.05, 0.1) is 6.61 Å². The van der Waals surface area contributed by atoms with Crippen LogP contribution in [-0.4, -0.2) is 27.7 Å². The van der Waals surface area contributed by atoms with Crippen LogP contribution in [0.3, 0.4) is 0 Å². The van der Waals surface area contributed by atoms with Crippen molar-refractivity contribution in [3.8, 4) is 11.3 Å². The molecule has 0 aliphatic rings. The van der Waals surface area contributed by atoms with E-state index in [1.54, 1.807) is 19.1 Å². The summed E-state index contributed by atoms with van der Waals surface area (Å²) in [5.74, 6) is -0.268. The number of ether oxygens (including phenoxy) is 1. The maximum atomic E-state index is 12.2. The zero-order valence-electron chi connectivity index (χ0n) is 16.5. The maximum Gasteiger partial charge on any atom is 0.376 e. The summed E-state index contributed by atoms with van der Waals surface area (Å²) in [5.41, 5.74) is 3.80. The first-order chi connectivity index (χ1) is 14.6. The van der Waals surface area contributed by atoms with E-state index in [4.69, 9.17) is 20.9 Å². The highest BCUT2D eigenvalue weighted by molar-refractivity contribution is 6.30. The van der Waals surface area contributed by atoms with Gasteiger partial charge in [0.1, 0.15) is 16.9 Å².